The summed E-state index contributed by atoms with van der Waals surface area (Å²) in [4.78, 5) is 12.4. The van der Waals surface area contributed by atoms with Crippen LogP contribution >= 0.6 is 0 Å². The molecule has 0 radical (unpaired) electrons. The summed E-state index contributed by atoms with van der Waals surface area (Å²) >= 11 is 0. The van der Waals surface area contributed by atoms with Crippen LogP contribution in [0, 0.1) is 5.92 Å². The Morgan fingerprint density at radius 3 is 2.41 bits per heavy atom. The third-order valence-electron chi connectivity index (χ3n) is 4.08. The predicted octanol–water partition coefficient (Wildman–Crippen LogP) is 4.23. The zero-order valence-corrected chi connectivity index (χ0v) is 13.6. The Hall–Kier alpha value is -1.45. The molecule has 0 saturated carbocycles. The molecular weight excluding hydrogens is 276 g/mol. The summed E-state index contributed by atoms with van der Waals surface area (Å²) in [5.74, 6) is 0.367. The van der Waals surface area contributed by atoms with Crippen molar-refractivity contribution < 1.29 is 14.3 Å². The van der Waals surface area contributed by atoms with Gasteiger partial charge in [0.1, 0.15) is 5.78 Å². The number of benzene rings is 1. The fourth-order valence-corrected chi connectivity index (χ4v) is 2.91. The Kier molecular flexibility index (Phi) is 6.81. The summed E-state index contributed by atoms with van der Waals surface area (Å²) in [6.45, 7) is 4.99. The van der Waals surface area contributed by atoms with Crippen LogP contribution in [-0.2, 0) is 14.3 Å². The van der Waals surface area contributed by atoms with Crippen molar-refractivity contribution in [3.63, 3.8) is 0 Å². The first-order chi connectivity index (χ1) is 10.7. The average molecular weight is 302 g/mol. The van der Waals surface area contributed by atoms with Gasteiger partial charge in [-0.1, -0.05) is 36.4 Å². The van der Waals surface area contributed by atoms with Gasteiger partial charge >= 0.3 is 0 Å². The molecule has 0 N–H and O–H groups in total. The molecule has 1 atom stereocenters. The Balaban J connectivity index is 1.90. The highest BCUT2D eigenvalue weighted by Crippen LogP contribution is 2.31. The van der Waals surface area contributed by atoms with E-state index in [-0.39, 0.29) is 18.0 Å². The molecule has 0 aliphatic heterocycles. The Bertz CT molecular complexity index is 487. The lowest BCUT2D eigenvalue weighted by molar-refractivity contribution is -0.154. The molecule has 0 amide bonds. The molecule has 1 aliphatic rings. The molecule has 0 bridgehead atoms. The molecule has 22 heavy (non-hydrogen) atoms. The summed E-state index contributed by atoms with van der Waals surface area (Å²) < 4.78 is 11.0. The molecule has 1 aromatic rings. The standard InChI is InChI=1S/C19H26O3/c1-3-21-19(22-4-2)14-18(20)17-12-10-16(11-13-17)15-8-6-5-7-9-15/h5-10,17,19H,3-4,11-14H2,1-2H3. The lowest BCUT2D eigenvalue weighted by Crippen LogP contribution is -2.26. The maximum Gasteiger partial charge on any atom is 0.164 e. The van der Waals surface area contributed by atoms with E-state index < -0.39 is 0 Å². The third-order valence-corrected chi connectivity index (χ3v) is 4.08. The molecule has 0 spiro atoms. The Morgan fingerprint density at radius 1 is 1.18 bits per heavy atom. The van der Waals surface area contributed by atoms with E-state index in [0.29, 0.717) is 19.6 Å². The first-order valence-electron chi connectivity index (χ1n) is 8.25. The quantitative estimate of drug-likeness (QED) is 0.674. The van der Waals surface area contributed by atoms with E-state index in [2.05, 4.69) is 30.3 Å². The Labute approximate surface area is 133 Å². The van der Waals surface area contributed by atoms with E-state index in [1.807, 2.05) is 19.9 Å². The minimum Gasteiger partial charge on any atom is -0.352 e. The highest BCUT2D eigenvalue weighted by molar-refractivity contribution is 5.82. The summed E-state index contributed by atoms with van der Waals surface area (Å²) in [6.07, 6.45) is 4.91. The zero-order valence-electron chi connectivity index (χ0n) is 13.6. The number of carbonyl (C=O) groups is 1. The van der Waals surface area contributed by atoms with Gasteiger partial charge in [-0.05, 0) is 44.2 Å². The van der Waals surface area contributed by atoms with Crippen LogP contribution in [0.15, 0.2) is 36.4 Å². The van der Waals surface area contributed by atoms with Gasteiger partial charge in [-0.2, -0.15) is 0 Å². The van der Waals surface area contributed by atoms with E-state index in [9.17, 15) is 4.79 Å². The van der Waals surface area contributed by atoms with Crippen molar-refractivity contribution in [2.24, 2.45) is 5.92 Å². The minimum absolute atomic E-state index is 0.107. The van der Waals surface area contributed by atoms with Crippen LogP contribution in [0.1, 0.15) is 45.1 Å². The van der Waals surface area contributed by atoms with Crippen molar-refractivity contribution in [3.05, 3.63) is 42.0 Å². The SMILES string of the molecule is CCOC(CC(=O)C1CC=C(c2ccccc2)CC1)OCC. The molecule has 1 aromatic carbocycles. The van der Waals surface area contributed by atoms with E-state index in [1.165, 1.54) is 11.1 Å². The minimum atomic E-state index is -0.387. The van der Waals surface area contributed by atoms with Gasteiger partial charge in [-0.25, -0.2) is 0 Å². The van der Waals surface area contributed by atoms with Crippen molar-refractivity contribution in [1.29, 1.82) is 0 Å². The van der Waals surface area contributed by atoms with Gasteiger partial charge in [-0.15, -0.1) is 0 Å². The lowest BCUT2D eigenvalue weighted by atomic mass is 9.83. The van der Waals surface area contributed by atoms with Gasteiger partial charge in [0.15, 0.2) is 6.29 Å². The normalized spacial score (nSPS) is 18.3. The second-order valence-electron chi connectivity index (χ2n) is 5.58. The number of hydrogen-bond acceptors (Lipinski definition) is 3. The van der Waals surface area contributed by atoms with Crippen molar-refractivity contribution in [1.82, 2.24) is 0 Å². The number of rotatable bonds is 8. The Morgan fingerprint density at radius 2 is 1.86 bits per heavy atom. The van der Waals surface area contributed by atoms with Crippen LogP contribution in [0.25, 0.3) is 5.57 Å². The summed E-state index contributed by atoms with van der Waals surface area (Å²) in [7, 11) is 0. The number of carbonyl (C=O) groups excluding carboxylic acids is 1. The number of ether oxygens (including phenoxy) is 2. The van der Waals surface area contributed by atoms with Crippen LogP contribution in [0.2, 0.25) is 0 Å². The maximum atomic E-state index is 12.4. The maximum absolute atomic E-state index is 12.4. The molecule has 120 valence electrons. The van der Waals surface area contributed by atoms with Crippen LogP contribution in [0.3, 0.4) is 0 Å². The van der Waals surface area contributed by atoms with Crippen molar-refractivity contribution in [2.75, 3.05) is 13.2 Å². The predicted molar refractivity (Wildman–Crippen MR) is 88.4 cm³/mol. The molecule has 1 unspecified atom stereocenters. The summed E-state index contributed by atoms with van der Waals surface area (Å²) in [6, 6.07) is 10.4. The average Bonchev–Trinajstić information content (AvgIpc) is 2.56. The van der Waals surface area contributed by atoms with E-state index in [1.54, 1.807) is 0 Å². The first kappa shape index (κ1) is 16.9. The number of Topliss-reactive ketones (excluding diaryl/α,β-unsaturated/α-hetero) is 1. The second kappa shape index (κ2) is 8.86. The largest absolute Gasteiger partial charge is 0.352 e. The van der Waals surface area contributed by atoms with Crippen LogP contribution < -0.4 is 0 Å². The molecule has 1 aliphatic carbocycles. The molecule has 0 saturated heterocycles. The number of allylic oxidation sites excluding steroid dienone is 2. The number of hydrogen-bond donors (Lipinski definition) is 0. The summed E-state index contributed by atoms with van der Waals surface area (Å²) in [5.41, 5.74) is 2.63. The zero-order chi connectivity index (χ0) is 15.8. The molecule has 0 heterocycles. The van der Waals surface area contributed by atoms with E-state index >= 15 is 0 Å². The molecule has 3 nitrogen and oxygen atoms in total. The van der Waals surface area contributed by atoms with Gasteiger partial charge in [-0.3, -0.25) is 4.79 Å². The molecule has 3 heteroatoms. The second-order valence-corrected chi connectivity index (χ2v) is 5.58. The first-order valence-corrected chi connectivity index (χ1v) is 8.25. The fourth-order valence-electron chi connectivity index (χ4n) is 2.91. The van der Waals surface area contributed by atoms with Crippen molar-refractivity contribution in [3.8, 4) is 0 Å². The molecule has 2 rings (SSSR count). The van der Waals surface area contributed by atoms with Crippen molar-refractivity contribution >= 4 is 11.4 Å². The van der Waals surface area contributed by atoms with Crippen LogP contribution in [0.5, 0.6) is 0 Å². The van der Waals surface area contributed by atoms with Crippen LogP contribution in [-0.4, -0.2) is 25.3 Å². The smallest absolute Gasteiger partial charge is 0.164 e. The molecular formula is C19H26O3. The highest BCUT2D eigenvalue weighted by atomic mass is 16.7. The highest BCUT2D eigenvalue weighted by Gasteiger charge is 2.24. The van der Waals surface area contributed by atoms with Gasteiger partial charge in [0.05, 0.1) is 6.42 Å². The van der Waals surface area contributed by atoms with E-state index in [4.69, 9.17) is 9.47 Å². The van der Waals surface area contributed by atoms with Gasteiger partial charge in [0.25, 0.3) is 0 Å². The lowest BCUT2D eigenvalue weighted by Gasteiger charge is -2.23. The molecule has 0 aromatic heterocycles. The fraction of sp³-hybridized carbons (Fsp3) is 0.526. The summed E-state index contributed by atoms with van der Waals surface area (Å²) in [5, 5.41) is 0. The molecule has 0 fully saturated rings. The van der Waals surface area contributed by atoms with E-state index in [0.717, 1.165) is 19.3 Å². The third kappa shape index (κ3) is 4.79. The van der Waals surface area contributed by atoms with Crippen LogP contribution in [0.4, 0.5) is 0 Å². The van der Waals surface area contributed by atoms with Gasteiger partial charge < -0.3 is 9.47 Å². The number of ketones is 1. The van der Waals surface area contributed by atoms with Gasteiger partial charge in [0, 0.05) is 19.1 Å². The topological polar surface area (TPSA) is 35.5 Å². The van der Waals surface area contributed by atoms with Crippen molar-refractivity contribution in [2.45, 2.75) is 45.8 Å². The monoisotopic (exact) mass is 302 g/mol. The van der Waals surface area contributed by atoms with Gasteiger partial charge in [0.2, 0.25) is 0 Å².